The second kappa shape index (κ2) is 7.03. The van der Waals surface area contributed by atoms with Gasteiger partial charge in [0.1, 0.15) is 0 Å². The summed E-state index contributed by atoms with van der Waals surface area (Å²) in [4.78, 5) is 9.57. The molecule has 20 heavy (non-hydrogen) atoms. The fourth-order valence-electron chi connectivity index (χ4n) is 3.04. The Morgan fingerprint density at radius 3 is 2.60 bits per heavy atom. The zero-order valence-electron chi connectivity index (χ0n) is 13.5. The lowest BCUT2D eigenvalue weighted by Gasteiger charge is -2.28. The first kappa shape index (κ1) is 16.0. The predicted octanol–water partition coefficient (Wildman–Crippen LogP) is 1.87. The lowest BCUT2D eigenvalue weighted by molar-refractivity contribution is 0.249. The third-order valence-electron chi connectivity index (χ3n) is 4.56. The highest BCUT2D eigenvalue weighted by molar-refractivity contribution is 7.99. The number of hydrogen-bond donors (Lipinski definition) is 1. The van der Waals surface area contributed by atoms with Crippen LogP contribution in [0.5, 0.6) is 0 Å². The summed E-state index contributed by atoms with van der Waals surface area (Å²) in [5, 5.41) is 3.55. The zero-order chi connectivity index (χ0) is 14.6. The number of hydrogen-bond acceptors (Lipinski definition) is 3. The smallest absolute Gasteiger partial charge is 0.193 e. The number of nitrogens with zero attached hydrogens (tertiary/aromatic N) is 3. The van der Waals surface area contributed by atoms with Crippen LogP contribution in [0.25, 0.3) is 0 Å². The number of rotatable bonds is 4. The molecule has 1 N–H and O–H groups in total. The van der Waals surface area contributed by atoms with Gasteiger partial charge in [-0.2, -0.15) is 11.8 Å². The second-order valence-electron chi connectivity index (χ2n) is 6.50. The molecule has 5 heteroatoms. The first-order valence-electron chi connectivity index (χ1n) is 7.80. The largest absolute Gasteiger partial charge is 0.355 e. The van der Waals surface area contributed by atoms with Crippen LogP contribution >= 0.6 is 11.8 Å². The van der Waals surface area contributed by atoms with Crippen LogP contribution in [0.3, 0.4) is 0 Å². The van der Waals surface area contributed by atoms with Crippen molar-refractivity contribution < 1.29 is 0 Å². The van der Waals surface area contributed by atoms with Crippen molar-refractivity contribution in [2.45, 2.75) is 43.9 Å². The van der Waals surface area contributed by atoms with E-state index in [-0.39, 0.29) is 4.75 Å². The van der Waals surface area contributed by atoms with E-state index in [4.69, 9.17) is 0 Å². The van der Waals surface area contributed by atoms with Gasteiger partial charge in [0.2, 0.25) is 0 Å². The van der Waals surface area contributed by atoms with Gasteiger partial charge in [0.15, 0.2) is 5.96 Å². The van der Waals surface area contributed by atoms with Crippen molar-refractivity contribution in [2.24, 2.45) is 4.99 Å². The van der Waals surface area contributed by atoms with Gasteiger partial charge in [0, 0.05) is 37.5 Å². The molecule has 116 valence electrons. The van der Waals surface area contributed by atoms with Crippen LogP contribution in [0.2, 0.25) is 0 Å². The molecule has 0 bridgehead atoms. The molecule has 2 fully saturated rings. The first-order chi connectivity index (χ1) is 9.55. The summed E-state index contributed by atoms with van der Waals surface area (Å²) in [5.41, 5.74) is 0. The van der Waals surface area contributed by atoms with Crippen LogP contribution < -0.4 is 5.32 Å². The Morgan fingerprint density at radius 1 is 1.30 bits per heavy atom. The highest BCUT2D eigenvalue weighted by atomic mass is 32.2. The average molecular weight is 299 g/mol. The van der Waals surface area contributed by atoms with Crippen LogP contribution in [0, 0.1) is 0 Å². The van der Waals surface area contributed by atoms with Crippen LogP contribution in [0.1, 0.15) is 33.1 Å². The van der Waals surface area contributed by atoms with Gasteiger partial charge in [-0.05, 0) is 52.5 Å². The third kappa shape index (κ3) is 4.04. The van der Waals surface area contributed by atoms with Crippen molar-refractivity contribution >= 4 is 17.7 Å². The first-order valence-corrected chi connectivity index (χ1v) is 9.03. The molecule has 2 aliphatic rings. The van der Waals surface area contributed by atoms with Gasteiger partial charge >= 0.3 is 0 Å². The summed E-state index contributed by atoms with van der Waals surface area (Å²) in [5.74, 6) is 1.08. The summed E-state index contributed by atoms with van der Waals surface area (Å²) < 4.78 is 0.254. The minimum absolute atomic E-state index is 0.254. The van der Waals surface area contributed by atoms with Crippen LogP contribution in [0.4, 0.5) is 0 Å². The molecule has 2 saturated heterocycles. The van der Waals surface area contributed by atoms with E-state index < -0.39 is 0 Å². The van der Waals surface area contributed by atoms with Gasteiger partial charge < -0.3 is 10.2 Å². The van der Waals surface area contributed by atoms with Gasteiger partial charge in [-0.15, -0.1) is 0 Å². The molecule has 0 aliphatic carbocycles. The highest BCUT2D eigenvalue weighted by Crippen LogP contribution is 2.22. The predicted molar refractivity (Wildman–Crippen MR) is 89.7 cm³/mol. The topological polar surface area (TPSA) is 30.9 Å². The molecule has 0 aromatic carbocycles. The zero-order valence-corrected chi connectivity index (χ0v) is 14.3. The van der Waals surface area contributed by atoms with E-state index in [1.807, 2.05) is 18.8 Å². The minimum Gasteiger partial charge on any atom is -0.355 e. The van der Waals surface area contributed by atoms with Crippen molar-refractivity contribution in [3.8, 4) is 0 Å². The molecule has 4 nitrogen and oxygen atoms in total. The number of likely N-dealkylation sites (tertiary alicyclic amines) is 2. The monoisotopic (exact) mass is 298 g/mol. The Labute approximate surface area is 128 Å². The molecule has 1 atom stereocenters. The lowest BCUT2D eigenvalue weighted by Crippen LogP contribution is -2.46. The Bertz CT molecular complexity index is 337. The van der Waals surface area contributed by atoms with Crippen LogP contribution in [0.15, 0.2) is 4.99 Å². The molecule has 0 saturated carbocycles. The fourth-order valence-corrected chi connectivity index (χ4v) is 3.25. The van der Waals surface area contributed by atoms with E-state index in [0.717, 1.165) is 31.6 Å². The quantitative estimate of drug-likeness (QED) is 0.634. The molecule has 0 amide bonds. The van der Waals surface area contributed by atoms with Crippen molar-refractivity contribution in [2.75, 3.05) is 46.0 Å². The molecule has 0 radical (unpaired) electrons. The Kier molecular flexibility index (Phi) is 5.61. The van der Waals surface area contributed by atoms with E-state index >= 15 is 0 Å². The van der Waals surface area contributed by atoms with Gasteiger partial charge in [-0.1, -0.05) is 0 Å². The Balaban J connectivity index is 1.83. The molecular formula is C15H30N4S. The van der Waals surface area contributed by atoms with Crippen molar-refractivity contribution in [3.63, 3.8) is 0 Å². The number of thioether (sulfide) groups is 1. The fraction of sp³-hybridized carbons (Fsp3) is 0.933. The summed E-state index contributed by atoms with van der Waals surface area (Å²) >= 11 is 1.90. The Morgan fingerprint density at radius 2 is 2.00 bits per heavy atom. The highest BCUT2D eigenvalue weighted by Gasteiger charge is 2.31. The van der Waals surface area contributed by atoms with E-state index in [0.29, 0.717) is 0 Å². The van der Waals surface area contributed by atoms with Crippen molar-refractivity contribution in [1.82, 2.24) is 15.1 Å². The molecule has 1 unspecified atom stereocenters. The summed E-state index contributed by atoms with van der Waals surface area (Å²) in [6.07, 6.45) is 6.22. The maximum atomic E-state index is 4.47. The molecule has 2 aliphatic heterocycles. The van der Waals surface area contributed by atoms with Gasteiger partial charge in [-0.25, -0.2) is 0 Å². The molecule has 0 spiro atoms. The van der Waals surface area contributed by atoms with E-state index in [2.05, 4.69) is 40.2 Å². The lowest BCUT2D eigenvalue weighted by atomic mass is 10.2. The molecule has 2 heterocycles. The van der Waals surface area contributed by atoms with Crippen LogP contribution in [-0.4, -0.2) is 72.6 Å². The SMILES string of the molecule is CN=C(NCC(C)(C)SC)N1CCC(N2CCCC2)C1. The molecule has 2 rings (SSSR count). The normalized spacial score (nSPS) is 25.5. The number of guanidine groups is 1. The minimum atomic E-state index is 0.254. The van der Waals surface area contributed by atoms with Crippen molar-refractivity contribution in [1.29, 1.82) is 0 Å². The maximum Gasteiger partial charge on any atom is 0.193 e. The summed E-state index contributed by atoms with van der Waals surface area (Å²) in [6.45, 7) is 10.4. The summed E-state index contributed by atoms with van der Waals surface area (Å²) in [7, 11) is 1.90. The molecule has 0 aromatic heterocycles. The van der Waals surface area contributed by atoms with Gasteiger partial charge in [0.25, 0.3) is 0 Å². The number of nitrogens with one attached hydrogen (secondary N) is 1. The number of aliphatic imine (C=N–C) groups is 1. The van der Waals surface area contributed by atoms with Gasteiger partial charge in [0.05, 0.1) is 0 Å². The van der Waals surface area contributed by atoms with E-state index in [1.54, 1.807) is 0 Å². The standard InChI is InChI=1S/C15H30N4S/c1-15(2,20-4)12-17-14(16-3)19-10-7-13(11-19)18-8-5-6-9-18/h13H,5-12H2,1-4H3,(H,16,17). The maximum absolute atomic E-state index is 4.47. The van der Waals surface area contributed by atoms with E-state index in [9.17, 15) is 0 Å². The molecular weight excluding hydrogens is 268 g/mol. The summed E-state index contributed by atoms with van der Waals surface area (Å²) in [6, 6.07) is 0.740. The van der Waals surface area contributed by atoms with E-state index in [1.165, 1.54) is 32.4 Å². The Hall–Kier alpha value is -0.420. The molecule has 0 aromatic rings. The average Bonchev–Trinajstić information content (AvgIpc) is 3.10. The second-order valence-corrected chi connectivity index (χ2v) is 8.01. The van der Waals surface area contributed by atoms with Crippen LogP contribution in [-0.2, 0) is 0 Å². The third-order valence-corrected chi connectivity index (χ3v) is 5.81. The van der Waals surface area contributed by atoms with Gasteiger partial charge in [-0.3, -0.25) is 9.89 Å². The van der Waals surface area contributed by atoms with Crippen molar-refractivity contribution in [3.05, 3.63) is 0 Å².